The van der Waals surface area contributed by atoms with Crippen LogP contribution in [0.4, 0.5) is 17.6 Å². The monoisotopic (exact) mass is 496 g/mol. The first kappa shape index (κ1) is 26.7. The number of halogens is 4. The predicted octanol–water partition coefficient (Wildman–Crippen LogP) is 6.13. The van der Waals surface area contributed by atoms with Crippen molar-refractivity contribution in [3.63, 3.8) is 0 Å². The molecule has 0 spiro atoms. The topological polar surface area (TPSA) is 83.8 Å². The summed E-state index contributed by atoms with van der Waals surface area (Å²) in [5, 5.41) is 19.0. The molecule has 2 N–H and O–H groups in total. The molecule has 190 valence electrons. The predicted molar refractivity (Wildman–Crippen MR) is 121 cm³/mol. The van der Waals surface area contributed by atoms with E-state index in [4.69, 9.17) is 9.84 Å². The van der Waals surface area contributed by atoms with Gasteiger partial charge < -0.3 is 14.9 Å². The Morgan fingerprint density at radius 2 is 1.83 bits per heavy atom. The van der Waals surface area contributed by atoms with Gasteiger partial charge >= 0.3 is 12.1 Å². The van der Waals surface area contributed by atoms with E-state index in [1.54, 1.807) is 0 Å². The Bertz CT molecular complexity index is 1070. The average molecular weight is 496 g/mol. The fraction of sp³-hybridized carbons (Fsp3) is 0.462. The number of aliphatic hydroxyl groups is 1. The second-order valence-electron chi connectivity index (χ2n) is 9.02. The van der Waals surface area contributed by atoms with Crippen LogP contribution in [0, 0.1) is 17.2 Å². The Labute approximate surface area is 200 Å². The molecule has 1 aliphatic carbocycles. The zero-order valence-electron chi connectivity index (χ0n) is 19.3. The molecule has 0 radical (unpaired) electrons. The standard InChI is InChI=1S/C26H28F4O5/c1-2-16-6-8-25(9-7-16,24(33)34)15-22(32)18-13-20(23(21(27)14-18)35-11-10-31)17-4-3-5-19(12-17)26(28,29)30/h3-5,12-14,16,31H,2,6-11,15H2,1H3,(H,33,34). The summed E-state index contributed by atoms with van der Waals surface area (Å²) >= 11 is 0. The Balaban J connectivity index is 2.01. The summed E-state index contributed by atoms with van der Waals surface area (Å²) in [5.74, 6) is -2.68. The molecule has 5 nitrogen and oxygen atoms in total. The number of rotatable bonds is 9. The van der Waals surface area contributed by atoms with Crippen LogP contribution in [0.5, 0.6) is 5.75 Å². The van der Waals surface area contributed by atoms with Crippen molar-refractivity contribution in [2.45, 2.75) is 51.6 Å². The fourth-order valence-corrected chi connectivity index (χ4v) is 4.64. The number of hydrogen-bond acceptors (Lipinski definition) is 4. The molecule has 0 aromatic heterocycles. The van der Waals surface area contributed by atoms with Gasteiger partial charge in [-0.15, -0.1) is 0 Å². The molecule has 0 amide bonds. The molecule has 0 aliphatic heterocycles. The number of alkyl halides is 3. The van der Waals surface area contributed by atoms with Gasteiger partial charge in [0.25, 0.3) is 0 Å². The summed E-state index contributed by atoms with van der Waals surface area (Å²) in [5.41, 5.74) is -2.49. The number of aliphatic carboxylic acids is 1. The first-order chi connectivity index (χ1) is 16.5. The lowest BCUT2D eigenvalue weighted by atomic mass is 9.67. The van der Waals surface area contributed by atoms with Crippen molar-refractivity contribution in [1.82, 2.24) is 0 Å². The van der Waals surface area contributed by atoms with Gasteiger partial charge in [0.05, 0.1) is 17.6 Å². The van der Waals surface area contributed by atoms with Crippen molar-refractivity contribution in [2.24, 2.45) is 11.3 Å². The summed E-state index contributed by atoms with van der Waals surface area (Å²) in [7, 11) is 0. The first-order valence-corrected chi connectivity index (χ1v) is 11.5. The Morgan fingerprint density at radius 3 is 2.40 bits per heavy atom. The van der Waals surface area contributed by atoms with Crippen LogP contribution < -0.4 is 4.74 Å². The summed E-state index contributed by atoms with van der Waals surface area (Å²) < 4.78 is 60.1. The maximum atomic E-state index is 15.0. The van der Waals surface area contributed by atoms with Crippen LogP contribution in [0.15, 0.2) is 36.4 Å². The minimum atomic E-state index is -4.64. The molecule has 1 aliphatic rings. The largest absolute Gasteiger partial charge is 0.487 e. The molecule has 9 heteroatoms. The summed E-state index contributed by atoms with van der Waals surface area (Å²) in [6.45, 7) is 1.26. The van der Waals surface area contributed by atoms with Gasteiger partial charge in [-0.1, -0.05) is 25.5 Å². The van der Waals surface area contributed by atoms with Gasteiger partial charge in [-0.25, -0.2) is 4.39 Å². The van der Waals surface area contributed by atoms with Crippen LogP contribution in [-0.2, 0) is 11.0 Å². The molecule has 35 heavy (non-hydrogen) atoms. The number of ketones is 1. The molecule has 0 heterocycles. The summed E-state index contributed by atoms with van der Waals surface area (Å²) in [6.07, 6.45) is -2.05. The second-order valence-corrected chi connectivity index (χ2v) is 9.02. The molecule has 2 aromatic rings. The van der Waals surface area contributed by atoms with Crippen LogP contribution in [0.1, 0.15) is 61.4 Å². The van der Waals surface area contributed by atoms with E-state index in [1.807, 2.05) is 6.92 Å². The van der Waals surface area contributed by atoms with E-state index < -0.39 is 47.1 Å². The molecule has 2 aromatic carbocycles. The third-order valence-corrected chi connectivity index (χ3v) is 6.80. The molecule has 0 atom stereocenters. The van der Waals surface area contributed by atoms with Crippen molar-refractivity contribution in [2.75, 3.05) is 13.2 Å². The van der Waals surface area contributed by atoms with E-state index in [9.17, 15) is 27.9 Å². The number of carbonyl (C=O) groups excluding carboxylic acids is 1. The van der Waals surface area contributed by atoms with Gasteiger partial charge in [-0.3, -0.25) is 9.59 Å². The minimum absolute atomic E-state index is 0.0299. The van der Waals surface area contributed by atoms with E-state index in [-0.39, 0.29) is 29.7 Å². The Kier molecular flexibility index (Phi) is 8.20. The van der Waals surface area contributed by atoms with Crippen LogP contribution >= 0.6 is 0 Å². The molecular formula is C26H28F4O5. The average Bonchev–Trinajstić information content (AvgIpc) is 2.82. The third-order valence-electron chi connectivity index (χ3n) is 6.80. The highest BCUT2D eigenvalue weighted by molar-refractivity contribution is 6.00. The van der Waals surface area contributed by atoms with Gasteiger partial charge in [0, 0.05) is 17.5 Å². The quantitative estimate of drug-likeness (QED) is 0.323. The van der Waals surface area contributed by atoms with Gasteiger partial charge in [-0.2, -0.15) is 13.2 Å². The molecule has 0 saturated heterocycles. The Morgan fingerprint density at radius 1 is 1.14 bits per heavy atom. The number of Topliss-reactive ketones (excluding diaryl/α,β-unsaturated/α-hetero) is 1. The van der Waals surface area contributed by atoms with E-state index >= 15 is 4.39 Å². The smallest absolute Gasteiger partial charge is 0.416 e. The molecule has 1 saturated carbocycles. The normalized spacial score (nSPS) is 20.5. The fourth-order valence-electron chi connectivity index (χ4n) is 4.64. The van der Waals surface area contributed by atoms with Crippen LogP contribution in [0.3, 0.4) is 0 Å². The summed E-state index contributed by atoms with van der Waals surface area (Å²) in [4.78, 5) is 25.3. The van der Waals surface area contributed by atoms with Crippen LogP contribution in [0.25, 0.3) is 11.1 Å². The highest BCUT2D eigenvalue weighted by Gasteiger charge is 2.43. The summed E-state index contributed by atoms with van der Waals surface area (Å²) in [6, 6.07) is 6.30. The van der Waals surface area contributed by atoms with Crippen LogP contribution in [-0.4, -0.2) is 35.2 Å². The first-order valence-electron chi connectivity index (χ1n) is 11.5. The maximum Gasteiger partial charge on any atom is 0.416 e. The van der Waals surface area contributed by atoms with E-state index in [0.717, 1.165) is 30.7 Å². The van der Waals surface area contributed by atoms with Crippen molar-refractivity contribution < 1.29 is 42.1 Å². The second kappa shape index (κ2) is 10.8. The van der Waals surface area contributed by atoms with Crippen molar-refractivity contribution in [1.29, 1.82) is 0 Å². The van der Waals surface area contributed by atoms with Crippen molar-refractivity contribution in [3.8, 4) is 16.9 Å². The zero-order chi connectivity index (χ0) is 25.8. The van der Waals surface area contributed by atoms with Crippen LogP contribution in [0.2, 0.25) is 0 Å². The highest BCUT2D eigenvalue weighted by Crippen LogP contribution is 2.44. The van der Waals surface area contributed by atoms with Crippen molar-refractivity contribution >= 4 is 11.8 Å². The van der Waals surface area contributed by atoms with E-state index in [0.29, 0.717) is 31.6 Å². The van der Waals surface area contributed by atoms with Gasteiger partial charge in [0.2, 0.25) is 0 Å². The lowest BCUT2D eigenvalue weighted by molar-refractivity contribution is -0.151. The Hall–Kier alpha value is -2.94. The number of benzene rings is 2. The van der Waals surface area contributed by atoms with E-state index in [1.165, 1.54) is 12.1 Å². The highest BCUT2D eigenvalue weighted by atomic mass is 19.4. The number of carbonyl (C=O) groups is 2. The van der Waals surface area contributed by atoms with Gasteiger partial charge in [0.1, 0.15) is 6.61 Å². The molecular weight excluding hydrogens is 468 g/mol. The molecule has 3 rings (SSSR count). The van der Waals surface area contributed by atoms with Crippen molar-refractivity contribution in [3.05, 3.63) is 53.3 Å². The SMILES string of the molecule is CCC1CCC(CC(=O)c2cc(F)c(OCCO)c(-c3cccc(C(F)(F)F)c3)c2)(C(=O)O)CC1. The number of aliphatic hydroxyl groups excluding tert-OH is 1. The number of ether oxygens (including phenoxy) is 1. The molecule has 1 fully saturated rings. The van der Waals surface area contributed by atoms with Gasteiger partial charge in [0.15, 0.2) is 17.3 Å². The van der Waals surface area contributed by atoms with E-state index in [2.05, 4.69) is 0 Å². The maximum absolute atomic E-state index is 15.0. The number of carboxylic acid groups (broad SMARTS) is 1. The van der Waals surface area contributed by atoms with Gasteiger partial charge in [-0.05, 0) is 61.4 Å². The molecule has 0 bridgehead atoms. The number of carboxylic acids is 1. The lowest BCUT2D eigenvalue weighted by Gasteiger charge is -2.36. The minimum Gasteiger partial charge on any atom is -0.487 e. The zero-order valence-corrected chi connectivity index (χ0v) is 19.3. The number of hydrogen-bond donors (Lipinski definition) is 2. The molecule has 0 unspecified atom stereocenters. The third kappa shape index (κ3) is 6.01. The lowest BCUT2D eigenvalue weighted by Crippen LogP contribution is -2.37.